The summed E-state index contributed by atoms with van der Waals surface area (Å²) in [5.41, 5.74) is 1.33. The van der Waals surface area contributed by atoms with Crippen molar-refractivity contribution in [2.75, 3.05) is 39.0 Å². The molecule has 0 radical (unpaired) electrons. The zero-order valence-corrected chi connectivity index (χ0v) is 16.1. The van der Waals surface area contributed by atoms with Crippen molar-refractivity contribution < 1.29 is 23.7 Å². The van der Waals surface area contributed by atoms with Crippen LogP contribution in [0, 0.1) is 0 Å². The van der Waals surface area contributed by atoms with Gasteiger partial charge in [-0.15, -0.1) is 0 Å². The van der Waals surface area contributed by atoms with Crippen LogP contribution in [0.5, 0.6) is 23.0 Å². The molecule has 0 bridgehead atoms. The predicted octanol–water partition coefficient (Wildman–Crippen LogP) is 3.51. The fraction of sp³-hybridized carbons (Fsp3) is 0.263. The molecule has 1 aliphatic heterocycles. The minimum Gasteiger partial charge on any atom is -0.493 e. The van der Waals surface area contributed by atoms with E-state index in [2.05, 4.69) is 10.3 Å². The van der Waals surface area contributed by atoms with Crippen LogP contribution in [0.2, 0.25) is 0 Å². The Labute approximate surface area is 161 Å². The van der Waals surface area contributed by atoms with Crippen LogP contribution >= 0.6 is 11.8 Å². The van der Waals surface area contributed by atoms with Gasteiger partial charge in [-0.05, 0) is 12.1 Å². The Morgan fingerprint density at radius 2 is 1.85 bits per heavy atom. The number of aliphatic imine (C=N–C) groups is 1. The number of carbonyl (C=O) groups is 1. The number of nitrogens with zero attached hydrogens (tertiary/aromatic N) is 1. The summed E-state index contributed by atoms with van der Waals surface area (Å²) in [4.78, 5) is 16.8. The molecule has 8 heteroatoms. The monoisotopic (exact) mass is 388 g/mol. The number of hydrogen-bond donors (Lipinski definition) is 1. The Hall–Kier alpha value is -2.87. The van der Waals surface area contributed by atoms with E-state index in [1.165, 1.54) is 33.1 Å². The van der Waals surface area contributed by atoms with Crippen LogP contribution in [0.1, 0.15) is 0 Å². The summed E-state index contributed by atoms with van der Waals surface area (Å²) >= 11 is 1.34. The quantitative estimate of drug-likeness (QED) is 0.816. The minimum atomic E-state index is -0.171. The maximum atomic E-state index is 12.3. The Morgan fingerprint density at radius 3 is 2.52 bits per heavy atom. The van der Waals surface area contributed by atoms with Gasteiger partial charge in [-0.3, -0.25) is 4.79 Å². The number of carbonyl (C=O) groups excluding carboxylic acids is 1. The van der Waals surface area contributed by atoms with E-state index in [4.69, 9.17) is 18.9 Å². The molecule has 1 N–H and O–H groups in total. The van der Waals surface area contributed by atoms with Crippen molar-refractivity contribution in [2.45, 2.75) is 0 Å². The average Bonchev–Trinajstić information content (AvgIpc) is 2.71. The molecule has 1 aliphatic rings. The molecule has 7 nitrogen and oxygen atoms in total. The van der Waals surface area contributed by atoms with Gasteiger partial charge in [0.15, 0.2) is 11.5 Å². The Bertz CT molecular complexity index is 844. The van der Waals surface area contributed by atoms with Gasteiger partial charge < -0.3 is 24.3 Å². The van der Waals surface area contributed by atoms with Gasteiger partial charge in [0.05, 0.1) is 27.1 Å². The third-order valence-corrected chi connectivity index (χ3v) is 4.73. The van der Waals surface area contributed by atoms with E-state index >= 15 is 0 Å². The zero-order chi connectivity index (χ0) is 19.2. The summed E-state index contributed by atoms with van der Waals surface area (Å²) in [6.07, 6.45) is 0. The topological polar surface area (TPSA) is 78.4 Å². The predicted molar refractivity (Wildman–Crippen MR) is 106 cm³/mol. The second-order valence-corrected chi connectivity index (χ2v) is 6.56. The SMILES string of the molecule is COc1cc(NC(=O)CSC2=Nc3ccccc3OC2)cc(OC)c1OC. The van der Waals surface area contributed by atoms with Crippen LogP contribution in [-0.4, -0.2) is 44.6 Å². The van der Waals surface area contributed by atoms with E-state index in [0.29, 0.717) is 29.5 Å². The summed E-state index contributed by atoms with van der Waals surface area (Å²) in [5.74, 6) is 2.21. The molecule has 142 valence electrons. The van der Waals surface area contributed by atoms with Gasteiger partial charge in [-0.2, -0.15) is 0 Å². The number of amides is 1. The highest BCUT2D eigenvalue weighted by Crippen LogP contribution is 2.40. The molecule has 0 aliphatic carbocycles. The first-order valence-corrected chi connectivity index (χ1v) is 9.15. The van der Waals surface area contributed by atoms with Crippen LogP contribution in [-0.2, 0) is 4.79 Å². The molecule has 1 amide bonds. The molecule has 0 saturated heterocycles. The minimum absolute atomic E-state index is 0.171. The van der Waals surface area contributed by atoms with Crippen LogP contribution in [0.25, 0.3) is 0 Å². The molecule has 2 aromatic rings. The Kier molecular flexibility index (Phi) is 6.08. The van der Waals surface area contributed by atoms with Crippen molar-refractivity contribution >= 4 is 34.1 Å². The zero-order valence-electron chi connectivity index (χ0n) is 15.3. The van der Waals surface area contributed by atoms with Gasteiger partial charge in [0, 0.05) is 17.8 Å². The highest BCUT2D eigenvalue weighted by molar-refractivity contribution is 8.14. The number of nitrogens with one attached hydrogen (secondary N) is 1. The number of thioether (sulfide) groups is 1. The van der Waals surface area contributed by atoms with E-state index in [9.17, 15) is 4.79 Å². The van der Waals surface area contributed by atoms with Crippen molar-refractivity contribution in [3.63, 3.8) is 0 Å². The van der Waals surface area contributed by atoms with Gasteiger partial charge in [-0.1, -0.05) is 23.9 Å². The van der Waals surface area contributed by atoms with Gasteiger partial charge >= 0.3 is 0 Å². The van der Waals surface area contributed by atoms with E-state index in [1.54, 1.807) is 12.1 Å². The van der Waals surface area contributed by atoms with E-state index in [0.717, 1.165) is 16.5 Å². The van der Waals surface area contributed by atoms with Crippen molar-refractivity contribution in [1.82, 2.24) is 0 Å². The first kappa shape index (κ1) is 18.9. The lowest BCUT2D eigenvalue weighted by molar-refractivity contribution is -0.113. The van der Waals surface area contributed by atoms with Crippen LogP contribution in [0.4, 0.5) is 11.4 Å². The number of methoxy groups -OCH3 is 3. The molecular weight excluding hydrogens is 368 g/mol. The van der Waals surface area contributed by atoms with Crippen molar-refractivity contribution in [3.05, 3.63) is 36.4 Å². The molecule has 1 heterocycles. The largest absolute Gasteiger partial charge is 0.493 e. The molecule has 27 heavy (non-hydrogen) atoms. The number of ether oxygens (including phenoxy) is 4. The van der Waals surface area contributed by atoms with Crippen molar-refractivity contribution in [3.8, 4) is 23.0 Å². The maximum Gasteiger partial charge on any atom is 0.234 e. The number of benzene rings is 2. The molecule has 3 rings (SSSR count). The van der Waals surface area contributed by atoms with E-state index in [-0.39, 0.29) is 11.7 Å². The van der Waals surface area contributed by atoms with Crippen LogP contribution < -0.4 is 24.3 Å². The third-order valence-electron chi connectivity index (χ3n) is 3.78. The van der Waals surface area contributed by atoms with Gasteiger partial charge in [0.1, 0.15) is 23.1 Å². The lowest BCUT2D eigenvalue weighted by Gasteiger charge is -2.16. The Balaban J connectivity index is 1.64. The first-order chi connectivity index (χ1) is 13.1. The summed E-state index contributed by atoms with van der Waals surface area (Å²) in [6.45, 7) is 0.360. The second kappa shape index (κ2) is 8.68. The van der Waals surface area contributed by atoms with Gasteiger partial charge in [0.25, 0.3) is 0 Å². The van der Waals surface area contributed by atoms with E-state index < -0.39 is 0 Å². The fourth-order valence-corrected chi connectivity index (χ4v) is 3.23. The number of rotatable bonds is 6. The standard InChI is InChI=1S/C19H20N2O5S/c1-23-15-8-12(9-16(24-2)19(15)25-3)20-17(22)11-27-18-10-26-14-7-5-4-6-13(14)21-18/h4-9H,10-11H2,1-3H3,(H,20,22). The fourth-order valence-electron chi connectivity index (χ4n) is 2.55. The highest BCUT2D eigenvalue weighted by atomic mass is 32.2. The molecular formula is C19H20N2O5S. The number of fused-ring (bicyclic) bond motifs is 1. The van der Waals surface area contributed by atoms with Gasteiger partial charge in [-0.25, -0.2) is 4.99 Å². The third kappa shape index (κ3) is 4.46. The molecule has 0 unspecified atom stereocenters. The molecule has 2 aromatic carbocycles. The van der Waals surface area contributed by atoms with Crippen LogP contribution in [0.15, 0.2) is 41.4 Å². The lowest BCUT2D eigenvalue weighted by Crippen LogP contribution is -2.18. The molecule has 0 fully saturated rings. The van der Waals surface area contributed by atoms with Crippen molar-refractivity contribution in [1.29, 1.82) is 0 Å². The summed E-state index contributed by atoms with van der Waals surface area (Å²) in [7, 11) is 4.58. The highest BCUT2D eigenvalue weighted by Gasteiger charge is 2.16. The number of anilines is 1. The van der Waals surface area contributed by atoms with E-state index in [1.807, 2.05) is 24.3 Å². The molecule has 0 atom stereocenters. The smallest absolute Gasteiger partial charge is 0.234 e. The second-order valence-electron chi connectivity index (χ2n) is 5.51. The summed E-state index contributed by atoms with van der Waals surface area (Å²) in [5, 5.41) is 3.59. The lowest BCUT2D eigenvalue weighted by atomic mass is 10.2. The van der Waals surface area contributed by atoms with Crippen LogP contribution in [0.3, 0.4) is 0 Å². The number of para-hydroxylation sites is 2. The van der Waals surface area contributed by atoms with Crippen molar-refractivity contribution in [2.24, 2.45) is 4.99 Å². The summed E-state index contributed by atoms with van der Waals surface area (Å²) < 4.78 is 21.5. The average molecular weight is 388 g/mol. The Morgan fingerprint density at radius 1 is 1.15 bits per heavy atom. The molecule has 0 saturated carbocycles. The number of hydrogen-bond acceptors (Lipinski definition) is 7. The normalized spacial score (nSPS) is 12.3. The first-order valence-electron chi connectivity index (χ1n) is 8.16. The molecule has 0 spiro atoms. The van der Waals surface area contributed by atoms with Gasteiger partial charge in [0.2, 0.25) is 11.7 Å². The maximum absolute atomic E-state index is 12.3. The molecule has 0 aromatic heterocycles. The summed E-state index contributed by atoms with van der Waals surface area (Å²) in [6, 6.07) is 10.9.